The Kier molecular flexibility index (Phi) is 8.13. The van der Waals surface area contributed by atoms with Gasteiger partial charge in [-0.1, -0.05) is 140 Å². The molecule has 0 unspecified atom stereocenters. The summed E-state index contributed by atoms with van der Waals surface area (Å²) < 4.78 is 0. The zero-order valence-electron chi connectivity index (χ0n) is 35.9. The summed E-state index contributed by atoms with van der Waals surface area (Å²) >= 11 is 0. The third kappa shape index (κ3) is 5.07. The molecule has 0 atom stereocenters. The van der Waals surface area contributed by atoms with Gasteiger partial charge in [-0.05, 0) is 126 Å². The quantitative estimate of drug-likeness (QED) is 0.163. The van der Waals surface area contributed by atoms with E-state index in [0.29, 0.717) is 0 Å². The van der Waals surface area contributed by atoms with E-state index in [-0.39, 0.29) is 6.71 Å². The van der Waals surface area contributed by atoms with Crippen LogP contribution in [0, 0.1) is 0 Å². The van der Waals surface area contributed by atoms with Crippen LogP contribution < -0.4 is 36.0 Å². The second-order valence-electron chi connectivity index (χ2n) is 17.3. The molecule has 0 fully saturated rings. The highest BCUT2D eigenvalue weighted by Crippen LogP contribution is 2.84. The van der Waals surface area contributed by atoms with Gasteiger partial charge >= 0.3 is 0 Å². The molecule has 4 nitrogen and oxygen atoms in total. The molecule has 0 aromatic heterocycles. The maximum atomic E-state index is 2.57. The predicted molar refractivity (Wildman–Crippen MR) is 277 cm³/mol. The standard InChI is InChI=1S/C60H41BN4S/c1-4-22-42(23-5-1)62-48-30-12-10-28-46(48)61-47-29-11-13-31-49(47)63(43-24-6-2-7-25-43)55-41-45(40-54(62)60(55)61)65-52-34-16-20-38-58(52)66(59-39-21-17-35-53(59)65)56-36-18-14-32-50(56)64(44-26-8-3-9-27-44)51-33-15-19-37-57(51)66/h1-41H. The highest BCUT2D eigenvalue weighted by molar-refractivity contribution is 8.34. The van der Waals surface area contributed by atoms with E-state index < -0.39 is 10.0 Å². The second-order valence-corrected chi connectivity index (χ2v) is 20.3. The van der Waals surface area contributed by atoms with Gasteiger partial charge in [-0.3, -0.25) is 0 Å². The van der Waals surface area contributed by atoms with Crippen LogP contribution in [0.15, 0.2) is 268 Å². The smallest absolute Gasteiger partial charge is 0.252 e. The molecule has 0 amide bonds. The van der Waals surface area contributed by atoms with Crippen molar-refractivity contribution < 1.29 is 0 Å². The Morgan fingerprint density at radius 3 is 0.879 bits per heavy atom. The molecule has 0 radical (unpaired) electrons. The van der Waals surface area contributed by atoms with Crippen molar-refractivity contribution in [3.63, 3.8) is 0 Å². The Balaban J connectivity index is 1.08. The Hall–Kier alpha value is -8.19. The summed E-state index contributed by atoms with van der Waals surface area (Å²) in [6.45, 7) is 0.0350. The molecule has 4 aliphatic heterocycles. The summed E-state index contributed by atoms with van der Waals surface area (Å²) in [5.74, 6) is 0. The first-order chi connectivity index (χ1) is 32.8. The van der Waals surface area contributed by atoms with Crippen molar-refractivity contribution in [2.45, 2.75) is 19.6 Å². The summed E-state index contributed by atoms with van der Waals surface area (Å²) in [5, 5.41) is 0. The molecule has 4 aliphatic rings. The summed E-state index contributed by atoms with van der Waals surface area (Å²) in [7, 11) is -2.04. The summed E-state index contributed by atoms with van der Waals surface area (Å²) in [4.78, 5) is 15.4. The molecule has 4 heterocycles. The molecule has 0 saturated carbocycles. The normalized spacial score (nSPS) is 14.8. The number of rotatable bonds is 4. The molecule has 14 rings (SSSR count). The fourth-order valence-corrected chi connectivity index (χ4v) is 15.9. The molecule has 10 aromatic carbocycles. The molecular formula is C60H41BN4S. The van der Waals surface area contributed by atoms with Gasteiger partial charge in [0.25, 0.3) is 6.71 Å². The van der Waals surface area contributed by atoms with E-state index in [1.54, 1.807) is 0 Å². The van der Waals surface area contributed by atoms with E-state index in [1.165, 1.54) is 81.5 Å². The minimum absolute atomic E-state index is 0.0350. The van der Waals surface area contributed by atoms with Crippen molar-refractivity contribution in [3.8, 4) is 0 Å². The van der Waals surface area contributed by atoms with E-state index in [4.69, 9.17) is 0 Å². The van der Waals surface area contributed by atoms with Crippen molar-refractivity contribution in [1.82, 2.24) is 0 Å². The van der Waals surface area contributed by atoms with Crippen LogP contribution in [-0.2, 0) is 0 Å². The lowest BCUT2D eigenvalue weighted by atomic mass is 9.33. The fourth-order valence-electron chi connectivity index (χ4n) is 11.4. The van der Waals surface area contributed by atoms with Gasteiger partial charge in [-0.2, -0.15) is 0 Å². The van der Waals surface area contributed by atoms with Gasteiger partial charge in [0.05, 0.1) is 28.4 Å². The highest BCUT2D eigenvalue weighted by atomic mass is 32.3. The van der Waals surface area contributed by atoms with Crippen molar-refractivity contribution >= 4 is 101 Å². The number of hydrogen-bond donors (Lipinski definition) is 0. The third-order valence-electron chi connectivity index (χ3n) is 13.9. The fraction of sp³-hybridized carbons (Fsp3) is 0. The first kappa shape index (κ1) is 37.2. The lowest BCUT2D eigenvalue weighted by molar-refractivity contribution is 1.08. The first-order valence-corrected chi connectivity index (χ1v) is 24.3. The van der Waals surface area contributed by atoms with Gasteiger partial charge in [0.2, 0.25) is 0 Å². The lowest BCUT2D eigenvalue weighted by Gasteiger charge is -2.54. The van der Waals surface area contributed by atoms with Crippen LogP contribution in [-0.4, -0.2) is 6.71 Å². The zero-order chi connectivity index (χ0) is 43.3. The minimum Gasteiger partial charge on any atom is -0.311 e. The molecular weight excluding hydrogens is 820 g/mol. The van der Waals surface area contributed by atoms with Crippen molar-refractivity contribution in [3.05, 3.63) is 249 Å². The summed E-state index contributed by atoms with van der Waals surface area (Å²) in [6, 6.07) is 92.5. The average molecular weight is 861 g/mol. The number of nitrogens with zero attached hydrogens (tertiary/aromatic N) is 4. The van der Waals surface area contributed by atoms with Gasteiger partial charge in [-0.15, -0.1) is 10.0 Å². The van der Waals surface area contributed by atoms with Gasteiger partial charge in [0.1, 0.15) is 0 Å². The Labute approximate surface area is 387 Å². The molecule has 0 saturated heterocycles. The second kappa shape index (κ2) is 14.4. The Bertz CT molecular complexity index is 3330. The predicted octanol–water partition coefficient (Wildman–Crippen LogP) is 14.7. The molecule has 66 heavy (non-hydrogen) atoms. The lowest BCUT2D eigenvalue weighted by Crippen LogP contribution is -2.61. The van der Waals surface area contributed by atoms with Gasteiger partial charge < -0.3 is 19.6 Å². The maximum Gasteiger partial charge on any atom is 0.252 e. The summed E-state index contributed by atoms with van der Waals surface area (Å²) in [5.41, 5.74) is 18.0. The van der Waals surface area contributed by atoms with Crippen LogP contribution in [0.3, 0.4) is 0 Å². The van der Waals surface area contributed by atoms with Gasteiger partial charge in [0.15, 0.2) is 0 Å². The van der Waals surface area contributed by atoms with E-state index in [1.807, 2.05) is 0 Å². The number of hydrogen-bond acceptors (Lipinski definition) is 4. The molecule has 310 valence electrons. The molecule has 10 aromatic rings. The van der Waals surface area contributed by atoms with E-state index in [2.05, 4.69) is 268 Å². The third-order valence-corrected chi connectivity index (χ3v) is 17.9. The van der Waals surface area contributed by atoms with Gasteiger partial charge in [0, 0.05) is 59.4 Å². The zero-order valence-corrected chi connectivity index (χ0v) is 36.8. The van der Waals surface area contributed by atoms with Crippen molar-refractivity contribution in [2.24, 2.45) is 0 Å². The first-order valence-electron chi connectivity index (χ1n) is 22.7. The maximum absolute atomic E-state index is 2.57. The van der Waals surface area contributed by atoms with Crippen LogP contribution in [0.4, 0.5) is 68.2 Å². The van der Waals surface area contributed by atoms with Crippen molar-refractivity contribution in [2.75, 3.05) is 19.6 Å². The molecule has 6 heteroatoms. The molecule has 0 bridgehead atoms. The van der Waals surface area contributed by atoms with Crippen LogP contribution in [0.2, 0.25) is 0 Å². The molecule has 0 N–H and O–H groups in total. The summed E-state index contributed by atoms with van der Waals surface area (Å²) in [6.07, 6.45) is 0. The highest BCUT2D eigenvalue weighted by Gasteiger charge is 2.49. The number of anilines is 12. The topological polar surface area (TPSA) is 13.0 Å². The van der Waals surface area contributed by atoms with E-state index >= 15 is 0 Å². The van der Waals surface area contributed by atoms with Crippen LogP contribution in [0.1, 0.15) is 0 Å². The molecule has 0 aliphatic carbocycles. The molecule has 1 spiro atoms. The van der Waals surface area contributed by atoms with Crippen molar-refractivity contribution in [1.29, 1.82) is 0 Å². The Morgan fingerprint density at radius 1 is 0.242 bits per heavy atom. The monoisotopic (exact) mass is 860 g/mol. The van der Waals surface area contributed by atoms with E-state index in [0.717, 1.165) is 22.7 Å². The van der Waals surface area contributed by atoms with Gasteiger partial charge in [-0.25, -0.2) is 0 Å². The Morgan fingerprint density at radius 2 is 0.515 bits per heavy atom. The number of fused-ring (bicyclic) bond motifs is 12. The van der Waals surface area contributed by atoms with Crippen LogP contribution in [0.25, 0.3) is 0 Å². The van der Waals surface area contributed by atoms with Crippen LogP contribution in [0.5, 0.6) is 0 Å². The average Bonchev–Trinajstić information content (AvgIpc) is 3.39. The largest absolute Gasteiger partial charge is 0.311 e. The van der Waals surface area contributed by atoms with E-state index in [9.17, 15) is 0 Å². The minimum atomic E-state index is -2.04. The number of para-hydroxylation sites is 9. The van der Waals surface area contributed by atoms with Crippen LogP contribution >= 0.6 is 10.0 Å². The SMILES string of the molecule is c1ccc(N2c3ccccc3S3(c4ccccc42)c2ccccc2N(c2cc4c5c(c2)N(c2ccccc2)c2ccccc2B5c2ccccc2N4c2ccccc2)c2ccccc23)cc1. The number of benzene rings is 10.